The van der Waals surface area contributed by atoms with Crippen molar-refractivity contribution in [3.05, 3.63) is 29.3 Å². The van der Waals surface area contributed by atoms with E-state index in [-0.39, 0.29) is 11.5 Å². The summed E-state index contributed by atoms with van der Waals surface area (Å²) in [6, 6.07) is 4.36. The molecule has 0 aromatic heterocycles. The number of piperazine rings is 1. The summed E-state index contributed by atoms with van der Waals surface area (Å²) in [7, 11) is 0. The number of hydrogen-bond acceptors (Lipinski definition) is 3. The minimum absolute atomic E-state index is 0.0713. The number of nitriles is 1. The van der Waals surface area contributed by atoms with Crippen LogP contribution in [-0.4, -0.2) is 25.0 Å². The number of amides is 1. The number of nitrogens with zero attached hydrogens (tertiary/aromatic N) is 2. The summed E-state index contributed by atoms with van der Waals surface area (Å²) in [6.07, 6.45) is -3.98. The van der Waals surface area contributed by atoms with Crippen LogP contribution < -0.4 is 10.2 Å². The molecule has 2 rings (SSSR count). The van der Waals surface area contributed by atoms with Gasteiger partial charge in [0.2, 0.25) is 5.91 Å². The van der Waals surface area contributed by atoms with Crippen molar-refractivity contribution >= 4 is 11.6 Å². The maximum Gasteiger partial charge on any atom is 0.416 e. The molecule has 21 heavy (non-hydrogen) atoms. The number of benzene rings is 1. The van der Waals surface area contributed by atoms with Gasteiger partial charge in [-0.3, -0.25) is 4.79 Å². The van der Waals surface area contributed by atoms with E-state index in [1.165, 1.54) is 6.07 Å². The highest BCUT2D eigenvalue weighted by atomic mass is 19.4. The second-order valence-electron chi connectivity index (χ2n) is 4.75. The molecular formula is C14H14F3N3O. The van der Waals surface area contributed by atoms with Crippen LogP contribution in [0.15, 0.2) is 18.2 Å². The van der Waals surface area contributed by atoms with Gasteiger partial charge in [0.1, 0.15) is 12.1 Å². The van der Waals surface area contributed by atoms with Crippen molar-refractivity contribution in [2.24, 2.45) is 0 Å². The molecule has 1 atom stereocenters. The lowest BCUT2D eigenvalue weighted by Crippen LogP contribution is -2.55. The first-order valence-electron chi connectivity index (χ1n) is 6.54. The van der Waals surface area contributed by atoms with Crippen molar-refractivity contribution in [3.8, 4) is 6.07 Å². The standard InChI is InChI=1S/C14H14F3N3O/c1-2-11-13(21)19-5-6-20(11)12-4-3-10(14(15,16)17)7-9(12)8-18/h3-4,7,11H,2,5-6H2,1H3,(H,19,21). The van der Waals surface area contributed by atoms with E-state index >= 15 is 0 Å². The molecule has 112 valence electrons. The molecule has 1 aromatic carbocycles. The second kappa shape index (κ2) is 5.64. The van der Waals surface area contributed by atoms with Crippen molar-refractivity contribution in [2.45, 2.75) is 25.6 Å². The number of anilines is 1. The van der Waals surface area contributed by atoms with Gasteiger partial charge >= 0.3 is 6.18 Å². The first kappa shape index (κ1) is 15.2. The molecule has 1 aliphatic heterocycles. The summed E-state index contributed by atoms with van der Waals surface area (Å²) in [5.41, 5.74) is -0.567. The molecule has 0 spiro atoms. The summed E-state index contributed by atoms with van der Waals surface area (Å²) < 4.78 is 38.1. The maximum atomic E-state index is 12.7. The molecule has 1 N–H and O–H groups in total. The fourth-order valence-electron chi connectivity index (χ4n) is 2.46. The van der Waals surface area contributed by atoms with Crippen LogP contribution in [0, 0.1) is 11.3 Å². The third-order valence-electron chi connectivity index (χ3n) is 3.47. The van der Waals surface area contributed by atoms with Gasteiger partial charge in [-0.15, -0.1) is 0 Å². The van der Waals surface area contributed by atoms with E-state index in [2.05, 4.69) is 5.32 Å². The van der Waals surface area contributed by atoms with Gasteiger partial charge in [-0.2, -0.15) is 18.4 Å². The molecule has 1 fully saturated rings. The Morgan fingerprint density at radius 2 is 2.19 bits per heavy atom. The zero-order valence-corrected chi connectivity index (χ0v) is 11.4. The summed E-state index contributed by atoms with van der Waals surface area (Å²) >= 11 is 0. The molecular weight excluding hydrogens is 283 g/mol. The number of carbonyl (C=O) groups excluding carboxylic acids is 1. The first-order valence-corrected chi connectivity index (χ1v) is 6.54. The highest BCUT2D eigenvalue weighted by Gasteiger charge is 2.33. The Balaban J connectivity index is 2.44. The van der Waals surface area contributed by atoms with Gasteiger partial charge in [-0.25, -0.2) is 0 Å². The Morgan fingerprint density at radius 1 is 1.48 bits per heavy atom. The average Bonchev–Trinajstić information content (AvgIpc) is 2.45. The van der Waals surface area contributed by atoms with Crippen LogP contribution in [-0.2, 0) is 11.0 Å². The predicted octanol–water partition coefficient (Wildman–Crippen LogP) is 2.29. The van der Waals surface area contributed by atoms with Crippen LogP contribution in [0.3, 0.4) is 0 Å². The Bertz CT molecular complexity index is 592. The van der Waals surface area contributed by atoms with Crippen molar-refractivity contribution in [1.82, 2.24) is 5.32 Å². The van der Waals surface area contributed by atoms with Gasteiger partial charge in [-0.05, 0) is 24.6 Å². The van der Waals surface area contributed by atoms with Gasteiger partial charge < -0.3 is 10.2 Å². The lowest BCUT2D eigenvalue weighted by Gasteiger charge is -2.36. The molecule has 1 amide bonds. The zero-order chi connectivity index (χ0) is 15.6. The fourth-order valence-corrected chi connectivity index (χ4v) is 2.46. The third-order valence-corrected chi connectivity index (χ3v) is 3.47. The third kappa shape index (κ3) is 2.94. The number of hydrogen-bond donors (Lipinski definition) is 1. The van der Waals surface area contributed by atoms with Crippen molar-refractivity contribution < 1.29 is 18.0 Å². The first-order chi connectivity index (χ1) is 9.88. The zero-order valence-electron chi connectivity index (χ0n) is 11.4. The van der Waals surface area contributed by atoms with E-state index in [0.717, 1.165) is 12.1 Å². The van der Waals surface area contributed by atoms with Gasteiger partial charge in [0.15, 0.2) is 0 Å². The highest BCUT2D eigenvalue weighted by molar-refractivity contribution is 5.87. The number of alkyl halides is 3. The van der Waals surface area contributed by atoms with Crippen molar-refractivity contribution in [1.29, 1.82) is 5.26 Å². The average molecular weight is 297 g/mol. The monoisotopic (exact) mass is 297 g/mol. The topological polar surface area (TPSA) is 56.1 Å². The van der Waals surface area contributed by atoms with Crippen LogP contribution in [0.25, 0.3) is 0 Å². The second-order valence-corrected chi connectivity index (χ2v) is 4.75. The maximum absolute atomic E-state index is 12.7. The van der Waals surface area contributed by atoms with E-state index in [1.54, 1.807) is 11.0 Å². The largest absolute Gasteiger partial charge is 0.416 e. The quantitative estimate of drug-likeness (QED) is 0.911. The fraction of sp³-hybridized carbons (Fsp3) is 0.429. The highest BCUT2D eigenvalue weighted by Crippen LogP contribution is 2.33. The summed E-state index contributed by atoms with van der Waals surface area (Å²) in [5.74, 6) is -0.174. The lowest BCUT2D eigenvalue weighted by atomic mass is 10.0. The van der Waals surface area contributed by atoms with Gasteiger partial charge in [-0.1, -0.05) is 6.92 Å². The van der Waals surface area contributed by atoms with Crippen LogP contribution in [0.5, 0.6) is 0 Å². The molecule has 0 radical (unpaired) electrons. The Hall–Kier alpha value is -2.23. The molecule has 1 aromatic rings. The van der Waals surface area contributed by atoms with E-state index in [9.17, 15) is 18.0 Å². The van der Waals surface area contributed by atoms with E-state index in [4.69, 9.17) is 5.26 Å². The summed E-state index contributed by atoms with van der Waals surface area (Å²) in [4.78, 5) is 13.5. The number of rotatable bonds is 2. The van der Waals surface area contributed by atoms with Crippen LogP contribution in [0.2, 0.25) is 0 Å². The molecule has 4 nitrogen and oxygen atoms in total. The van der Waals surface area contributed by atoms with E-state index in [0.29, 0.717) is 25.2 Å². The normalized spacial score (nSPS) is 19.1. The molecule has 0 bridgehead atoms. The van der Waals surface area contributed by atoms with Crippen LogP contribution in [0.4, 0.5) is 18.9 Å². The molecule has 0 aliphatic carbocycles. The van der Waals surface area contributed by atoms with Crippen molar-refractivity contribution in [2.75, 3.05) is 18.0 Å². The Morgan fingerprint density at radius 3 is 2.76 bits per heavy atom. The minimum Gasteiger partial charge on any atom is -0.357 e. The number of carbonyl (C=O) groups is 1. The summed E-state index contributed by atoms with van der Waals surface area (Å²) in [5, 5.41) is 11.8. The summed E-state index contributed by atoms with van der Waals surface area (Å²) in [6.45, 7) is 2.68. The predicted molar refractivity (Wildman–Crippen MR) is 70.6 cm³/mol. The molecule has 7 heteroatoms. The number of halogens is 3. The smallest absolute Gasteiger partial charge is 0.357 e. The van der Waals surface area contributed by atoms with Gasteiger partial charge in [0, 0.05) is 13.1 Å². The van der Waals surface area contributed by atoms with Crippen LogP contribution in [0.1, 0.15) is 24.5 Å². The molecule has 1 heterocycles. The minimum atomic E-state index is -4.49. The van der Waals surface area contributed by atoms with Gasteiger partial charge in [0.25, 0.3) is 0 Å². The Labute approximate surface area is 120 Å². The molecule has 0 saturated carbocycles. The molecule has 1 aliphatic rings. The van der Waals surface area contributed by atoms with Crippen LogP contribution >= 0.6 is 0 Å². The molecule has 1 saturated heterocycles. The van der Waals surface area contributed by atoms with Gasteiger partial charge in [0.05, 0.1) is 16.8 Å². The lowest BCUT2D eigenvalue weighted by molar-refractivity contribution is -0.137. The van der Waals surface area contributed by atoms with E-state index < -0.39 is 17.8 Å². The number of nitrogens with one attached hydrogen (secondary N) is 1. The molecule has 1 unspecified atom stereocenters. The SMILES string of the molecule is CCC1C(=O)NCCN1c1ccc(C(F)(F)F)cc1C#N. The Kier molecular flexibility index (Phi) is 4.07. The van der Waals surface area contributed by atoms with Crippen molar-refractivity contribution in [3.63, 3.8) is 0 Å². The van der Waals surface area contributed by atoms with E-state index in [1.807, 2.05) is 6.92 Å².